The van der Waals surface area contributed by atoms with Crippen LogP contribution in [0.3, 0.4) is 0 Å². The first-order chi connectivity index (χ1) is 8.33. The molecule has 0 aliphatic heterocycles. The molecular formula is C13H21N3S. The molecule has 94 valence electrons. The number of allylic oxidation sites excluding steroid dienone is 1. The van der Waals surface area contributed by atoms with Crippen molar-refractivity contribution >= 4 is 11.5 Å². The summed E-state index contributed by atoms with van der Waals surface area (Å²) in [6.45, 7) is 5.20. The summed E-state index contributed by atoms with van der Waals surface area (Å²) in [5.74, 6) is 0. The van der Waals surface area contributed by atoms with Gasteiger partial charge in [0.25, 0.3) is 0 Å². The number of rotatable bonds is 4. The normalized spacial score (nSPS) is 18.6. The number of likely N-dealkylation sites (N-methyl/N-ethyl adjacent to an activating group) is 1. The van der Waals surface area contributed by atoms with Crippen LogP contribution in [0.4, 0.5) is 0 Å². The Morgan fingerprint density at radius 3 is 3.00 bits per heavy atom. The number of aromatic nitrogens is 2. The van der Waals surface area contributed by atoms with Crippen molar-refractivity contribution in [1.29, 1.82) is 0 Å². The van der Waals surface area contributed by atoms with E-state index in [0.29, 0.717) is 6.04 Å². The molecule has 1 aromatic heterocycles. The maximum absolute atomic E-state index is 4.14. The van der Waals surface area contributed by atoms with Crippen LogP contribution in [0.15, 0.2) is 11.6 Å². The predicted molar refractivity (Wildman–Crippen MR) is 72.2 cm³/mol. The van der Waals surface area contributed by atoms with E-state index in [0.717, 1.165) is 12.2 Å². The topological polar surface area (TPSA) is 37.8 Å². The Morgan fingerprint density at radius 2 is 2.29 bits per heavy atom. The van der Waals surface area contributed by atoms with Crippen molar-refractivity contribution in [2.45, 2.75) is 52.0 Å². The second-order valence-electron chi connectivity index (χ2n) is 4.59. The number of aryl methyl sites for hydroxylation is 1. The quantitative estimate of drug-likeness (QED) is 0.834. The lowest BCUT2D eigenvalue weighted by atomic mass is 10.00. The fraction of sp³-hybridized carbons (Fsp3) is 0.692. The van der Waals surface area contributed by atoms with E-state index < -0.39 is 0 Å². The van der Waals surface area contributed by atoms with Crippen LogP contribution in [-0.4, -0.2) is 16.1 Å². The molecule has 3 nitrogen and oxygen atoms in total. The average molecular weight is 251 g/mol. The van der Waals surface area contributed by atoms with Crippen molar-refractivity contribution < 1.29 is 0 Å². The van der Waals surface area contributed by atoms with Crippen molar-refractivity contribution in [1.82, 2.24) is 14.9 Å². The van der Waals surface area contributed by atoms with Gasteiger partial charge in [0.05, 0.1) is 16.6 Å². The molecule has 1 aliphatic carbocycles. The highest BCUT2D eigenvalue weighted by atomic mass is 32.1. The van der Waals surface area contributed by atoms with Crippen LogP contribution in [0.1, 0.15) is 55.6 Å². The zero-order valence-electron chi connectivity index (χ0n) is 10.7. The molecule has 17 heavy (non-hydrogen) atoms. The third kappa shape index (κ3) is 3.13. The number of hydrogen-bond donors (Lipinski definition) is 1. The van der Waals surface area contributed by atoms with E-state index in [1.165, 1.54) is 48.5 Å². The fourth-order valence-electron chi connectivity index (χ4n) is 2.40. The Bertz CT molecular complexity index is 384. The van der Waals surface area contributed by atoms with Crippen molar-refractivity contribution in [3.63, 3.8) is 0 Å². The smallest absolute Gasteiger partial charge is 0.0776 e. The molecule has 0 spiro atoms. The van der Waals surface area contributed by atoms with E-state index in [2.05, 4.69) is 34.8 Å². The largest absolute Gasteiger partial charge is 0.306 e. The van der Waals surface area contributed by atoms with Gasteiger partial charge in [0.1, 0.15) is 0 Å². The van der Waals surface area contributed by atoms with Gasteiger partial charge >= 0.3 is 0 Å². The molecule has 4 heteroatoms. The van der Waals surface area contributed by atoms with E-state index in [-0.39, 0.29) is 0 Å². The monoisotopic (exact) mass is 251 g/mol. The van der Waals surface area contributed by atoms with Gasteiger partial charge in [-0.1, -0.05) is 29.5 Å². The molecule has 0 saturated heterocycles. The van der Waals surface area contributed by atoms with Gasteiger partial charge in [-0.25, -0.2) is 0 Å². The zero-order valence-corrected chi connectivity index (χ0v) is 11.5. The number of nitrogens with zero attached hydrogens (tertiary/aromatic N) is 2. The molecule has 1 aliphatic rings. The van der Waals surface area contributed by atoms with Crippen LogP contribution in [0.5, 0.6) is 0 Å². The highest BCUT2D eigenvalue weighted by Gasteiger charge is 2.20. The summed E-state index contributed by atoms with van der Waals surface area (Å²) in [5.41, 5.74) is 2.62. The van der Waals surface area contributed by atoms with Gasteiger partial charge in [-0.3, -0.25) is 0 Å². The minimum atomic E-state index is 0.345. The lowest BCUT2D eigenvalue weighted by molar-refractivity contribution is 0.594. The Balaban J connectivity index is 2.22. The Hall–Kier alpha value is -0.740. The van der Waals surface area contributed by atoms with Gasteiger partial charge in [-0.15, -0.1) is 5.10 Å². The Kier molecular flexibility index (Phi) is 4.68. The lowest BCUT2D eigenvalue weighted by Crippen LogP contribution is -2.22. The van der Waals surface area contributed by atoms with Gasteiger partial charge in [-0.2, -0.15) is 0 Å². The summed E-state index contributed by atoms with van der Waals surface area (Å²) in [7, 11) is 0. The van der Waals surface area contributed by atoms with Crippen LogP contribution < -0.4 is 5.32 Å². The third-order valence-electron chi connectivity index (χ3n) is 3.30. The lowest BCUT2D eigenvalue weighted by Gasteiger charge is -2.19. The van der Waals surface area contributed by atoms with Crippen molar-refractivity contribution in [3.8, 4) is 0 Å². The second-order valence-corrected chi connectivity index (χ2v) is 5.38. The standard InChI is InChI=1S/C13H21N3S/c1-3-14-12(13-10(2)15-16-17-13)11-8-6-4-5-7-9-11/h8,12,14H,3-7,9H2,1-2H3. The first-order valence-corrected chi connectivity index (χ1v) is 7.31. The second kappa shape index (κ2) is 6.26. The van der Waals surface area contributed by atoms with Gasteiger partial charge in [0.2, 0.25) is 0 Å². The van der Waals surface area contributed by atoms with Crippen LogP contribution >= 0.6 is 11.5 Å². The highest BCUT2D eigenvalue weighted by Crippen LogP contribution is 2.31. The first-order valence-electron chi connectivity index (χ1n) is 6.54. The summed E-state index contributed by atoms with van der Waals surface area (Å²) in [5, 5.41) is 7.72. The maximum atomic E-state index is 4.14. The minimum Gasteiger partial charge on any atom is -0.306 e. The van der Waals surface area contributed by atoms with Crippen LogP contribution in [0.2, 0.25) is 0 Å². The third-order valence-corrected chi connectivity index (χ3v) is 4.20. The molecule has 1 heterocycles. The van der Waals surface area contributed by atoms with Crippen LogP contribution in [0.25, 0.3) is 0 Å². The highest BCUT2D eigenvalue weighted by molar-refractivity contribution is 7.05. The molecule has 1 unspecified atom stereocenters. The van der Waals surface area contributed by atoms with Gasteiger partial charge in [0.15, 0.2) is 0 Å². The molecule has 0 radical (unpaired) electrons. The molecule has 1 N–H and O–H groups in total. The molecule has 2 rings (SSSR count). The predicted octanol–water partition coefficient (Wildman–Crippen LogP) is 3.39. The van der Waals surface area contributed by atoms with Gasteiger partial charge < -0.3 is 5.32 Å². The van der Waals surface area contributed by atoms with E-state index in [1.54, 1.807) is 5.57 Å². The summed E-state index contributed by atoms with van der Waals surface area (Å²) in [6, 6.07) is 0.345. The SMILES string of the molecule is CCNC(C1=CCCCCC1)c1snnc1C. The molecule has 0 bridgehead atoms. The summed E-state index contributed by atoms with van der Waals surface area (Å²) in [6.07, 6.45) is 8.89. The van der Waals surface area contributed by atoms with Crippen LogP contribution in [-0.2, 0) is 0 Å². The van der Waals surface area contributed by atoms with E-state index in [9.17, 15) is 0 Å². The molecule has 0 aromatic carbocycles. The molecule has 0 saturated carbocycles. The van der Waals surface area contributed by atoms with Crippen molar-refractivity contribution in [2.75, 3.05) is 6.54 Å². The van der Waals surface area contributed by atoms with Crippen LogP contribution in [0, 0.1) is 6.92 Å². The molecule has 0 fully saturated rings. The molecular weight excluding hydrogens is 230 g/mol. The first kappa shape index (κ1) is 12.7. The van der Waals surface area contributed by atoms with Gasteiger partial charge in [-0.05, 0) is 50.7 Å². The van der Waals surface area contributed by atoms with E-state index in [4.69, 9.17) is 0 Å². The number of hydrogen-bond acceptors (Lipinski definition) is 4. The van der Waals surface area contributed by atoms with Crippen molar-refractivity contribution in [3.05, 3.63) is 22.2 Å². The van der Waals surface area contributed by atoms with E-state index >= 15 is 0 Å². The number of nitrogens with one attached hydrogen (secondary N) is 1. The summed E-state index contributed by atoms with van der Waals surface area (Å²) < 4.78 is 4.07. The molecule has 1 atom stereocenters. The van der Waals surface area contributed by atoms with Gasteiger partial charge in [0, 0.05) is 0 Å². The van der Waals surface area contributed by atoms with Crippen molar-refractivity contribution in [2.24, 2.45) is 0 Å². The Morgan fingerprint density at radius 1 is 1.41 bits per heavy atom. The average Bonchev–Trinajstić information content (AvgIpc) is 2.60. The summed E-state index contributed by atoms with van der Waals surface area (Å²) >= 11 is 1.53. The molecule has 1 aromatic rings. The minimum absolute atomic E-state index is 0.345. The Labute approximate surface area is 107 Å². The zero-order chi connectivity index (χ0) is 12.1. The van der Waals surface area contributed by atoms with E-state index in [1.807, 2.05) is 0 Å². The summed E-state index contributed by atoms with van der Waals surface area (Å²) in [4.78, 5) is 1.29. The maximum Gasteiger partial charge on any atom is 0.0776 e. The molecule has 0 amide bonds. The fourth-order valence-corrected chi connectivity index (χ4v) is 3.17.